The van der Waals surface area contributed by atoms with Crippen LogP contribution >= 0.6 is 0 Å². The minimum Gasteiger partial charge on any atom is -0.493 e. The first-order chi connectivity index (χ1) is 12.5. The van der Waals surface area contributed by atoms with Gasteiger partial charge in [0.25, 0.3) is 0 Å². The summed E-state index contributed by atoms with van der Waals surface area (Å²) in [4.78, 5) is 4.44. The Morgan fingerprint density at radius 3 is 2.62 bits per heavy atom. The van der Waals surface area contributed by atoms with Gasteiger partial charge in [-0.2, -0.15) is 9.78 Å². The molecule has 1 atom stereocenters. The van der Waals surface area contributed by atoms with E-state index < -0.39 is 10.0 Å². The zero-order valence-electron chi connectivity index (χ0n) is 13.9. The van der Waals surface area contributed by atoms with E-state index in [-0.39, 0.29) is 16.8 Å². The molecule has 8 heteroatoms. The van der Waals surface area contributed by atoms with Crippen LogP contribution in [0.2, 0.25) is 0 Å². The maximum absolute atomic E-state index is 12.5. The summed E-state index contributed by atoms with van der Waals surface area (Å²) in [5, 5.41) is 15.0. The normalized spacial score (nSPS) is 17.0. The highest BCUT2D eigenvalue weighted by Gasteiger charge is 2.29. The molecular weight excluding hydrogens is 352 g/mol. The third kappa shape index (κ3) is 3.09. The summed E-state index contributed by atoms with van der Waals surface area (Å²) < 4.78 is 29.2. The summed E-state index contributed by atoms with van der Waals surface area (Å²) in [5.74, 6) is 0.545. The van der Waals surface area contributed by atoms with Crippen molar-refractivity contribution in [3.8, 4) is 11.7 Å². The molecule has 26 heavy (non-hydrogen) atoms. The first-order valence-electron chi connectivity index (χ1n) is 8.33. The maximum Gasteiger partial charge on any atom is 0.240 e. The molecule has 2 heterocycles. The zero-order chi connectivity index (χ0) is 18.1. The van der Waals surface area contributed by atoms with Gasteiger partial charge in [-0.15, -0.1) is 0 Å². The lowest BCUT2D eigenvalue weighted by Crippen LogP contribution is -2.38. The van der Waals surface area contributed by atoms with Gasteiger partial charge in [0.2, 0.25) is 15.9 Å². The molecule has 2 aromatic heterocycles. The number of aromatic hydroxyl groups is 1. The number of benzene rings is 1. The Bertz CT molecular complexity index is 1020. The summed E-state index contributed by atoms with van der Waals surface area (Å²) in [6.45, 7) is 0. The number of hydrogen-bond acceptors (Lipinski definition) is 5. The average Bonchev–Trinajstić information content (AvgIpc) is 2.99. The highest BCUT2D eigenvalue weighted by molar-refractivity contribution is 7.89. The zero-order valence-corrected chi connectivity index (χ0v) is 14.7. The van der Waals surface area contributed by atoms with E-state index in [4.69, 9.17) is 0 Å². The van der Waals surface area contributed by atoms with Gasteiger partial charge in [0, 0.05) is 17.8 Å². The van der Waals surface area contributed by atoms with E-state index in [1.807, 2.05) is 6.07 Å². The van der Waals surface area contributed by atoms with Gasteiger partial charge in [-0.3, -0.25) is 0 Å². The summed E-state index contributed by atoms with van der Waals surface area (Å²) >= 11 is 0. The molecule has 0 fully saturated rings. The Morgan fingerprint density at radius 1 is 1.12 bits per heavy atom. The van der Waals surface area contributed by atoms with E-state index in [9.17, 15) is 13.5 Å². The number of rotatable bonds is 4. The van der Waals surface area contributed by atoms with Gasteiger partial charge in [0.15, 0.2) is 5.82 Å². The van der Waals surface area contributed by atoms with E-state index in [0.29, 0.717) is 30.6 Å². The number of fused-ring (bicyclic) bond motifs is 1. The SMILES string of the molecule is O=S(=O)(NC1CCc2nn(-c3ccccn3)c(O)c2C1)c1ccccc1. The van der Waals surface area contributed by atoms with Gasteiger partial charge in [-0.1, -0.05) is 24.3 Å². The van der Waals surface area contributed by atoms with Crippen LogP contribution in [0.1, 0.15) is 17.7 Å². The molecule has 134 valence electrons. The molecule has 0 amide bonds. The maximum atomic E-state index is 12.5. The van der Waals surface area contributed by atoms with Crippen LogP contribution in [-0.4, -0.2) is 34.3 Å². The molecule has 4 rings (SSSR count). The fourth-order valence-corrected chi connectivity index (χ4v) is 4.47. The van der Waals surface area contributed by atoms with Gasteiger partial charge >= 0.3 is 0 Å². The average molecular weight is 370 g/mol. The van der Waals surface area contributed by atoms with Gasteiger partial charge < -0.3 is 5.11 Å². The lowest BCUT2D eigenvalue weighted by Gasteiger charge is -2.22. The number of aryl methyl sites for hydroxylation is 1. The number of nitrogens with one attached hydrogen (secondary N) is 1. The van der Waals surface area contributed by atoms with Crippen LogP contribution in [0.4, 0.5) is 0 Å². The molecule has 3 aromatic rings. The van der Waals surface area contributed by atoms with Crippen LogP contribution in [0.25, 0.3) is 5.82 Å². The molecule has 0 saturated carbocycles. The Balaban J connectivity index is 1.58. The standard InChI is InChI=1S/C18H18N4O3S/c23-18-15-12-13(21-26(24,25)14-6-2-1-3-7-14)9-10-16(15)20-22(18)17-8-4-5-11-19-17/h1-8,11,13,21,23H,9-10,12H2. The summed E-state index contributed by atoms with van der Waals surface area (Å²) in [6, 6.07) is 13.4. The summed E-state index contributed by atoms with van der Waals surface area (Å²) in [6.07, 6.45) is 3.23. The Hall–Kier alpha value is -2.71. The number of hydrogen-bond donors (Lipinski definition) is 2. The quantitative estimate of drug-likeness (QED) is 0.730. The minimum atomic E-state index is -3.59. The van der Waals surface area contributed by atoms with Gasteiger partial charge in [0.1, 0.15) is 0 Å². The van der Waals surface area contributed by atoms with Crippen molar-refractivity contribution in [1.29, 1.82) is 0 Å². The third-order valence-corrected chi connectivity index (χ3v) is 6.00. The van der Waals surface area contributed by atoms with E-state index in [1.54, 1.807) is 48.7 Å². The molecular formula is C18H18N4O3S. The molecule has 0 aliphatic heterocycles. The molecule has 1 aliphatic rings. The van der Waals surface area contributed by atoms with Crippen LogP contribution in [-0.2, 0) is 22.9 Å². The second-order valence-electron chi connectivity index (χ2n) is 6.22. The number of pyridine rings is 1. The fraction of sp³-hybridized carbons (Fsp3) is 0.222. The molecule has 1 unspecified atom stereocenters. The van der Waals surface area contributed by atoms with Crippen molar-refractivity contribution in [2.45, 2.75) is 30.2 Å². The van der Waals surface area contributed by atoms with Crippen molar-refractivity contribution >= 4 is 10.0 Å². The highest BCUT2D eigenvalue weighted by atomic mass is 32.2. The van der Waals surface area contributed by atoms with Gasteiger partial charge in [0.05, 0.1) is 10.6 Å². The number of sulfonamides is 1. The lowest BCUT2D eigenvalue weighted by molar-refractivity contribution is 0.420. The van der Waals surface area contributed by atoms with Crippen molar-refractivity contribution in [3.63, 3.8) is 0 Å². The lowest BCUT2D eigenvalue weighted by atomic mass is 9.94. The van der Waals surface area contributed by atoms with Crippen LogP contribution in [0.5, 0.6) is 5.88 Å². The largest absolute Gasteiger partial charge is 0.493 e. The fourth-order valence-electron chi connectivity index (χ4n) is 3.18. The smallest absolute Gasteiger partial charge is 0.240 e. The molecule has 0 bridgehead atoms. The molecule has 0 spiro atoms. The number of aromatic nitrogens is 3. The molecule has 1 aliphatic carbocycles. The van der Waals surface area contributed by atoms with Crippen molar-refractivity contribution in [1.82, 2.24) is 19.5 Å². The Kier molecular flexibility index (Phi) is 4.21. The molecule has 0 saturated heterocycles. The first-order valence-corrected chi connectivity index (χ1v) is 9.81. The van der Waals surface area contributed by atoms with Crippen LogP contribution in [0, 0.1) is 0 Å². The molecule has 7 nitrogen and oxygen atoms in total. The number of nitrogens with zero attached hydrogens (tertiary/aromatic N) is 3. The monoisotopic (exact) mass is 370 g/mol. The second-order valence-corrected chi connectivity index (χ2v) is 7.94. The predicted molar refractivity (Wildman–Crippen MR) is 95.6 cm³/mol. The van der Waals surface area contributed by atoms with Gasteiger partial charge in [-0.05, 0) is 43.5 Å². The van der Waals surface area contributed by atoms with Crippen LogP contribution in [0.15, 0.2) is 59.6 Å². The van der Waals surface area contributed by atoms with Crippen molar-refractivity contribution in [3.05, 3.63) is 66.0 Å². The minimum absolute atomic E-state index is 0.0160. The van der Waals surface area contributed by atoms with E-state index in [2.05, 4.69) is 14.8 Å². The Morgan fingerprint density at radius 2 is 1.88 bits per heavy atom. The predicted octanol–water partition coefficient (Wildman–Crippen LogP) is 1.81. The second kappa shape index (κ2) is 6.54. The van der Waals surface area contributed by atoms with Crippen molar-refractivity contribution in [2.24, 2.45) is 0 Å². The van der Waals surface area contributed by atoms with Gasteiger partial charge in [-0.25, -0.2) is 18.1 Å². The van der Waals surface area contributed by atoms with Crippen molar-refractivity contribution in [2.75, 3.05) is 0 Å². The van der Waals surface area contributed by atoms with Crippen molar-refractivity contribution < 1.29 is 13.5 Å². The third-order valence-electron chi connectivity index (χ3n) is 4.46. The van der Waals surface area contributed by atoms with Crippen LogP contribution < -0.4 is 4.72 Å². The topological polar surface area (TPSA) is 97.1 Å². The highest BCUT2D eigenvalue weighted by Crippen LogP contribution is 2.31. The summed E-state index contributed by atoms with van der Waals surface area (Å²) in [5.41, 5.74) is 1.45. The first kappa shape index (κ1) is 16.7. The van der Waals surface area contributed by atoms with E-state index >= 15 is 0 Å². The molecule has 1 aromatic carbocycles. The van der Waals surface area contributed by atoms with E-state index in [0.717, 1.165) is 5.69 Å². The molecule has 2 N–H and O–H groups in total. The van der Waals surface area contributed by atoms with E-state index in [1.165, 1.54) is 4.68 Å². The molecule has 0 radical (unpaired) electrons. The van der Waals surface area contributed by atoms with Crippen LogP contribution in [0.3, 0.4) is 0 Å². The summed E-state index contributed by atoms with van der Waals surface area (Å²) in [7, 11) is -3.59. The Labute approximate surface area is 151 Å².